The molecule has 1 unspecified atom stereocenters. The Balaban J connectivity index is 2.47. The molecule has 80 valence electrons. The smallest absolute Gasteiger partial charge is 0.242 e. The van der Waals surface area contributed by atoms with Crippen molar-refractivity contribution in [2.24, 2.45) is 0 Å². The van der Waals surface area contributed by atoms with E-state index in [-0.39, 0.29) is 30.9 Å². The Labute approximate surface area is 88.4 Å². The SMILES string of the molecule is CCSCC(C)N1CC(=O)NCC1=O. The Kier molecular flexibility index (Phi) is 4.25. The Morgan fingerprint density at radius 1 is 1.57 bits per heavy atom. The Morgan fingerprint density at radius 3 is 2.93 bits per heavy atom. The molecule has 1 fully saturated rings. The van der Waals surface area contributed by atoms with Gasteiger partial charge in [0.25, 0.3) is 0 Å². The van der Waals surface area contributed by atoms with Crippen LogP contribution >= 0.6 is 11.8 Å². The van der Waals surface area contributed by atoms with Gasteiger partial charge in [-0.3, -0.25) is 9.59 Å². The number of hydrogen-bond donors (Lipinski definition) is 1. The Hall–Kier alpha value is -0.710. The predicted molar refractivity (Wildman–Crippen MR) is 57.2 cm³/mol. The molecule has 0 aromatic carbocycles. The lowest BCUT2D eigenvalue weighted by Gasteiger charge is -2.31. The molecule has 0 aromatic heterocycles. The maximum Gasteiger partial charge on any atom is 0.242 e. The first kappa shape index (κ1) is 11.4. The van der Waals surface area contributed by atoms with E-state index in [0.717, 1.165) is 11.5 Å². The van der Waals surface area contributed by atoms with Crippen molar-refractivity contribution in [1.82, 2.24) is 10.2 Å². The van der Waals surface area contributed by atoms with Crippen molar-refractivity contribution in [3.63, 3.8) is 0 Å². The van der Waals surface area contributed by atoms with Crippen molar-refractivity contribution in [2.75, 3.05) is 24.6 Å². The predicted octanol–water partition coefficient (Wildman–Crippen LogP) is 0.0864. The highest BCUT2D eigenvalue weighted by atomic mass is 32.2. The summed E-state index contributed by atoms with van der Waals surface area (Å²) >= 11 is 1.79. The third-order valence-corrected chi connectivity index (χ3v) is 3.29. The van der Waals surface area contributed by atoms with E-state index in [0.29, 0.717) is 0 Å². The van der Waals surface area contributed by atoms with E-state index in [2.05, 4.69) is 12.2 Å². The molecule has 0 bridgehead atoms. The number of thioether (sulfide) groups is 1. The van der Waals surface area contributed by atoms with Crippen LogP contribution in [0.4, 0.5) is 0 Å². The zero-order valence-corrected chi connectivity index (χ0v) is 9.39. The number of amides is 2. The van der Waals surface area contributed by atoms with Gasteiger partial charge in [0.2, 0.25) is 11.8 Å². The van der Waals surface area contributed by atoms with Crippen LogP contribution in [0.2, 0.25) is 0 Å². The molecule has 1 N–H and O–H groups in total. The van der Waals surface area contributed by atoms with Gasteiger partial charge in [0.15, 0.2) is 0 Å². The van der Waals surface area contributed by atoms with Crippen LogP contribution in [0.25, 0.3) is 0 Å². The average Bonchev–Trinajstić information content (AvgIpc) is 2.18. The van der Waals surface area contributed by atoms with E-state index in [4.69, 9.17) is 0 Å². The fourth-order valence-electron chi connectivity index (χ4n) is 1.35. The molecule has 5 heteroatoms. The van der Waals surface area contributed by atoms with Gasteiger partial charge in [-0.15, -0.1) is 0 Å². The summed E-state index contributed by atoms with van der Waals surface area (Å²) in [4.78, 5) is 24.2. The summed E-state index contributed by atoms with van der Waals surface area (Å²) in [7, 11) is 0. The molecule has 1 heterocycles. The van der Waals surface area contributed by atoms with Crippen molar-refractivity contribution < 1.29 is 9.59 Å². The molecular formula is C9H16N2O2S. The average molecular weight is 216 g/mol. The lowest BCUT2D eigenvalue weighted by Crippen LogP contribution is -2.55. The number of piperazine rings is 1. The molecule has 14 heavy (non-hydrogen) atoms. The lowest BCUT2D eigenvalue weighted by atomic mass is 10.2. The Bertz CT molecular complexity index is 233. The van der Waals surface area contributed by atoms with Gasteiger partial charge in [0, 0.05) is 11.8 Å². The van der Waals surface area contributed by atoms with Crippen LogP contribution < -0.4 is 5.32 Å². The van der Waals surface area contributed by atoms with Crippen LogP contribution in [0.3, 0.4) is 0 Å². The van der Waals surface area contributed by atoms with Crippen LogP contribution in [0.5, 0.6) is 0 Å². The van der Waals surface area contributed by atoms with E-state index in [1.54, 1.807) is 16.7 Å². The van der Waals surface area contributed by atoms with E-state index in [9.17, 15) is 9.59 Å². The fourth-order valence-corrected chi connectivity index (χ4v) is 2.11. The third-order valence-electron chi connectivity index (χ3n) is 2.17. The minimum Gasteiger partial charge on any atom is -0.345 e. The maximum absolute atomic E-state index is 11.4. The number of hydrogen-bond acceptors (Lipinski definition) is 3. The summed E-state index contributed by atoms with van der Waals surface area (Å²) in [5.74, 6) is 1.90. The van der Waals surface area contributed by atoms with Gasteiger partial charge in [-0.25, -0.2) is 0 Å². The van der Waals surface area contributed by atoms with Crippen molar-refractivity contribution in [3.05, 3.63) is 0 Å². The molecular weight excluding hydrogens is 200 g/mol. The third kappa shape index (κ3) is 2.90. The molecule has 0 saturated carbocycles. The molecule has 1 atom stereocenters. The monoisotopic (exact) mass is 216 g/mol. The van der Waals surface area contributed by atoms with Gasteiger partial charge in [-0.1, -0.05) is 6.92 Å². The second-order valence-corrected chi connectivity index (χ2v) is 4.63. The molecule has 1 aliphatic heterocycles. The van der Waals surface area contributed by atoms with Gasteiger partial charge in [0.05, 0.1) is 13.1 Å². The van der Waals surface area contributed by atoms with Crippen LogP contribution in [0, 0.1) is 0 Å². The first-order valence-electron chi connectivity index (χ1n) is 4.79. The van der Waals surface area contributed by atoms with Crippen molar-refractivity contribution in [2.45, 2.75) is 19.9 Å². The fraction of sp³-hybridized carbons (Fsp3) is 0.778. The molecule has 0 spiro atoms. The topological polar surface area (TPSA) is 49.4 Å². The van der Waals surface area contributed by atoms with Crippen molar-refractivity contribution >= 4 is 23.6 Å². The molecule has 1 rings (SSSR count). The zero-order chi connectivity index (χ0) is 10.6. The van der Waals surface area contributed by atoms with Gasteiger partial charge in [-0.2, -0.15) is 11.8 Å². The number of nitrogens with zero attached hydrogens (tertiary/aromatic N) is 1. The number of carbonyl (C=O) groups excluding carboxylic acids is 2. The highest BCUT2D eigenvalue weighted by Crippen LogP contribution is 2.09. The number of nitrogens with one attached hydrogen (secondary N) is 1. The molecule has 2 amide bonds. The normalized spacial score (nSPS) is 19.4. The van der Waals surface area contributed by atoms with Crippen LogP contribution in [0.15, 0.2) is 0 Å². The Morgan fingerprint density at radius 2 is 2.29 bits per heavy atom. The van der Waals surface area contributed by atoms with E-state index < -0.39 is 0 Å². The van der Waals surface area contributed by atoms with Gasteiger partial charge in [-0.05, 0) is 12.7 Å². The number of carbonyl (C=O) groups is 2. The minimum atomic E-state index is -0.0575. The summed E-state index contributed by atoms with van der Waals surface area (Å²) in [6.07, 6.45) is 0. The minimum absolute atomic E-state index is 0.0220. The summed E-state index contributed by atoms with van der Waals surface area (Å²) in [6.45, 7) is 4.44. The van der Waals surface area contributed by atoms with Crippen molar-refractivity contribution in [1.29, 1.82) is 0 Å². The first-order chi connectivity index (χ1) is 6.65. The maximum atomic E-state index is 11.4. The van der Waals surface area contributed by atoms with E-state index in [1.165, 1.54) is 0 Å². The number of rotatable bonds is 4. The van der Waals surface area contributed by atoms with Gasteiger partial charge >= 0.3 is 0 Å². The molecule has 0 radical (unpaired) electrons. The molecule has 0 aromatic rings. The van der Waals surface area contributed by atoms with E-state index >= 15 is 0 Å². The molecule has 0 aliphatic carbocycles. The van der Waals surface area contributed by atoms with Crippen LogP contribution in [-0.4, -0.2) is 47.4 Å². The zero-order valence-electron chi connectivity index (χ0n) is 8.58. The van der Waals surface area contributed by atoms with Gasteiger partial charge in [0.1, 0.15) is 0 Å². The van der Waals surface area contributed by atoms with E-state index in [1.807, 2.05) is 6.92 Å². The van der Waals surface area contributed by atoms with Crippen LogP contribution in [0.1, 0.15) is 13.8 Å². The highest BCUT2D eigenvalue weighted by Gasteiger charge is 2.26. The summed E-state index contributed by atoms with van der Waals surface area (Å²) < 4.78 is 0. The van der Waals surface area contributed by atoms with Crippen molar-refractivity contribution in [3.8, 4) is 0 Å². The highest BCUT2D eigenvalue weighted by molar-refractivity contribution is 7.99. The molecule has 1 saturated heterocycles. The molecule has 4 nitrogen and oxygen atoms in total. The largest absolute Gasteiger partial charge is 0.345 e. The summed E-state index contributed by atoms with van der Waals surface area (Å²) in [6, 6.07) is 0.151. The summed E-state index contributed by atoms with van der Waals surface area (Å²) in [5, 5.41) is 2.54. The lowest BCUT2D eigenvalue weighted by molar-refractivity contribution is -0.142. The second kappa shape index (κ2) is 5.24. The van der Waals surface area contributed by atoms with Gasteiger partial charge < -0.3 is 10.2 Å². The summed E-state index contributed by atoms with van der Waals surface area (Å²) in [5.41, 5.74) is 0. The van der Waals surface area contributed by atoms with Crippen LogP contribution in [-0.2, 0) is 9.59 Å². The molecule has 1 aliphatic rings. The quantitative estimate of drug-likeness (QED) is 0.724. The second-order valence-electron chi connectivity index (χ2n) is 3.31. The standard InChI is InChI=1S/C9H16N2O2S/c1-3-14-6-7(2)11-5-8(12)10-4-9(11)13/h7H,3-6H2,1-2H3,(H,10,12). The first-order valence-corrected chi connectivity index (χ1v) is 5.94.